The summed E-state index contributed by atoms with van der Waals surface area (Å²) in [6.07, 6.45) is -0.948. The minimum Gasteiger partial charge on any atom is -0.254 e. The molecule has 2 fully saturated rings. The Morgan fingerprint density at radius 2 is 1.83 bits per heavy atom. The van der Waals surface area contributed by atoms with Crippen LogP contribution in [0.1, 0.15) is 24.8 Å². The zero-order valence-corrected chi connectivity index (χ0v) is 17.9. The van der Waals surface area contributed by atoms with E-state index >= 15 is 0 Å². The molecule has 1 aliphatic heterocycles. The van der Waals surface area contributed by atoms with E-state index in [2.05, 4.69) is 4.72 Å². The van der Waals surface area contributed by atoms with Crippen molar-refractivity contribution >= 4 is 31.7 Å². The van der Waals surface area contributed by atoms with Gasteiger partial charge in [0.1, 0.15) is 16.4 Å². The lowest BCUT2D eigenvalue weighted by molar-refractivity contribution is 0.0638. The summed E-state index contributed by atoms with van der Waals surface area (Å²) < 4.78 is 85.4. The van der Waals surface area contributed by atoms with E-state index in [0.29, 0.717) is 5.02 Å². The fourth-order valence-electron chi connectivity index (χ4n) is 4.32. The second kappa shape index (κ2) is 7.52. The Bertz CT molecular complexity index is 1190. The van der Waals surface area contributed by atoms with E-state index in [9.17, 15) is 25.6 Å². The second-order valence-corrected chi connectivity index (χ2v) is 11.6. The normalized spacial score (nSPS) is 28.6. The number of sulfone groups is 1. The summed E-state index contributed by atoms with van der Waals surface area (Å²) in [6.45, 7) is -0.0537. The average molecular weight is 478 g/mol. The van der Waals surface area contributed by atoms with Crippen molar-refractivity contribution in [1.82, 2.24) is 4.72 Å². The molecule has 6 nitrogen and oxygen atoms in total. The molecule has 2 aromatic rings. The van der Waals surface area contributed by atoms with Crippen LogP contribution in [0.5, 0.6) is 0 Å². The van der Waals surface area contributed by atoms with Gasteiger partial charge in [0.25, 0.3) is 0 Å². The summed E-state index contributed by atoms with van der Waals surface area (Å²) in [5.41, 5.74) is -0.274. The van der Waals surface area contributed by atoms with Crippen LogP contribution in [0.25, 0.3) is 0 Å². The Labute approximate surface area is 178 Å². The van der Waals surface area contributed by atoms with Crippen LogP contribution in [0.15, 0.2) is 47.4 Å². The lowest BCUT2D eigenvalue weighted by Gasteiger charge is -2.45. The van der Waals surface area contributed by atoms with Crippen molar-refractivity contribution in [3.05, 3.63) is 64.7 Å². The van der Waals surface area contributed by atoms with Crippen molar-refractivity contribution in [1.29, 1.82) is 0 Å². The third-order valence-corrected chi connectivity index (χ3v) is 9.57. The highest BCUT2D eigenvalue weighted by Gasteiger charge is 2.54. The van der Waals surface area contributed by atoms with Crippen LogP contribution in [0.2, 0.25) is 5.02 Å². The minimum absolute atomic E-state index is 0.0500. The first-order chi connectivity index (χ1) is 14.0. The van der Waals surface area contributed by atoms with Crippen LogP contribution < -0.4 is 4.72 Å². The van der Waals surface area contributed by atoms with Gasteiger partial charge in [0.2, 0.25) is 0 Å². The second-order valence-electron chi connectivity index (χ2n) is 7.52. The van der Waals surface area contributed by atoms with Crippen molar-refractivity contribution in [3.8, 4) is 0 Å². The largest absolute Gasteiger partial charge is 0.336 e. The molecule has 4 rings (SSSR count). The molecular formula is C19H18ClF2NO5S2. The van der Waals surface area contributed by atoms with Gasteiger partial charge in [-0.05, 0) is 61.7 Å². The van der Waals surface area contributed by atoms with E-state index in [4.69, 9.17) is 15.8 Å². The Balaban J connectivity index is 1.87. The Morgan fingerprint density at radius 3 is 2.53 bits per heavy atom. The standard InChI is InChI=1S/C19H18ClF2NO5S2/c20-13-1-4-15(5-2-13)29(24,25)19(16-9-14(21)3-6-17(16)22)8-7-18-12(10-19)11-23-30(26,27)28-18/h1-6,9,12,18,23H,7-8,10-11H2. The Kier molecular flexibility index (Phi) is 5.43. The molecule has 30 heavy (non-hydrogen) atoms. The monoisotopic (exact) mass is 477 g/mol. The van der Waals surface area contributed by atoms with Crippen molar-refractivity contribution < 1.29 is 29.8 Å². The zero-order chi connectivity index (χ0) is 21.7. The van der Waals surface area contributed by atoms with Gasteiger partial charge in [-0.15, -0.1) is 0 Å². The molecule has 1 heterocycles. The van der Waals surface area contributed by atoms with E-state index < -0.39 is 48.5 Å². The van der Waals surface area contributed by atoms with Crippen LogP contribution in [-0.4, -0.2) is 29.5 Å². The predicted molar refractivity (Wildman–Crippen MR) is 106 cm³/mol. The van der Waals surface area contributed by atoms with E-state index in [1.165, 1.54) is 24.3 Å². The predicted octanol–water partition coefficient (Wildman–Crippen LogP) is 3.32. The van der Waals surface area contributed by atoms with Crippen LogP contribution in [0.3, 0.4) is 0 Å². The molecule has 162 valence electrons. The van der Waals surface area contributed by atoms with Crippen LogP contribution in [0, 0.1) is 17.6 Å². The number of rotatable bonds is 3. The highest BCUT2D eigenvalue weighted by Crippen LogP contribution is 2.51. The van der Waals surface area contributed by atoms with E-state index in [1.807, 2.05) is 0 Å². The minimum atomic E-state index is -4.21. The number of fused-ring (bicyclic) bond motifs is 1. The third kappa shape index (κ3) is 3.64. The molecule has 11 heteroatoms. The number of nitrogens with one attached hydrogen (secondary N) is 1. The molecule has 0 aromatic heterocycles. The van der Waals surface area contributed by atoms with Crippen molar-refractivity contribution in [2.75, 3.05) is 6.54 Å². The molecule has 1 aliphatic carbocycles. The molecule has 0 bridgehead atoms. The first kappa shape index (κ1) is 21.6. The summed E-state index contributed by atoms with van der Waals surface area (Å²) in [4.78, 5) is -0.0775. The van der Waals surface area contributed by atoms with Crippen LogP contribution in [0.4, 0.5) is 8.78 Å². The lowest BCUT2D eigenvalue weighted by Crippen LogP contribution is -2.53. The van der Waals surface area contributed by atoms with Crippen LogP contribution in [-0.2, 0) is 29.1 Å². The molecule has 2 aliphatic rings. The number of hydrogen-bond acceptors (Lipinski definition) is 5. The molecular weight excluding hydrogens is 460 g/mol. The average Bonchev–Trinajstić information content (AvgIpc) is 2.69. The van der Waals surface area contributed by atoms with Gasteiger partial charge < -0.3 is 0 Å². The fraction of sp³-hybridized carbons (Fsp3) is 0.368. The Morgan fingerprint density at radius 1 is 1.13 bits per heavy atom. The van der Waals surface area contributed by atoms with Gasteiger partial charge in [0, 0.05) is 23.0 Å². The van der Waals surface area contributed by atoms with Gasteiger partial charge in [-0.1, -0.05) is 11.6 Å². The lowest BCUT2D eigenvalue weighted by atomic mass is 9.75. The summed E-state index contributed by atoms with van der Waals surface area (Å²) in [6, 6.07) is 8.19. The quantitative estimate of drug-likeness (QED) is 0.732. The first-order valence-electron chi connectivity index (χ1n) is 9.18. The van der Waals surface area contributed by atoms with Gasteiger partial charge in [0.05, 0.1) is 11.0 Å². The maximum absolute atomic E-state index is 14.9. The van der Waals surface area contributed by atoms with Gasteiger partial charge in [0.15, 0.2) is 9.84 Å². The summed E-state index contributed by atoms with van der Waals surface area (Å²) in [7, 11) is -8.12. The molecule has 0 spiro atoms. The molecule has 3 atom stereocenters. The topological polar surface area (TPSA) is 89.5 Å². The molecule has 0 radical (unpaired) electrons. The van der Waals surface area contributed by atoms with Gasteiger partial charge >= 0.3 is 10.3 Å². The summed E-state index contributed by atoms with van der Waals surface area (Å²) in [5, 5.41) is 0.332. The van der Waals surface area contributed by atoms with Crippen molar-refractivity contribution in [2.45, 2.75) is 35.0 Å². The number of benzene rings is 2. The van der Waals surface area contributed by atoms with Gasteiger partial charge in [-0.25, -0.2) is 17.2 Å². The van der Waals surface area contributed by atoms with Crippen molar-refractivity contribution in [2.24, 2.45) is 5.92 Å². The van der Waals surface area contributed by atoms with Crippen molar-refractivity contribution in [3.63, 3.8) is 0 Å². The fourth-order valence-corrected chi connectivity index (χ4v) is 7.73. The van der Waals surface area contributed by atoms with Crippen LogP contribution >= 0.6 is 11.6 Å². The molecule has 1 saturated heterocycles. The number of hydrogen-bond donors (Lipinski definition) is 1. The van der Waals surface area contributed by atoms with Gasteiger partial charge in [-0.2, -0.15) is 13.1 Å². The van der Waals surface area contributed by atoms with E-state index in [0.717, 1.165) is 18.2 Å². The summed E-state index contributed by atoms with van der Waals surface area (Å²) >= 11 is 5.88. The first-order valence-corrected chi connectivity index (χ1v) is 12.4. The highest BCUT2D eigenvalue weighted by atomic mass is 35.5. The molecule has 0 amide bonds. The Hall–Kier alpha value is -1.59. The van der Waals surface area contributed by atoms with E-state index in [1.54, 1.807) is 0 Å². The van der Waals surface area contributed by atoms with Gasteiger partial charge in [-0.3, -0.25) is 4.18 Å². The zero-order valence-electron chi connectivity index (χ0n) is 15.5. The third-order valence-electron chi connectivity index (χ3n) is 5.78. The SMILES string of the molecule is O=S1(=O)NCC2CC(c3cc(F)ccc3F)(S(=O)(=O)c3ccc(Cl)cc3)CCC2O1. The highest BCUT2D eigenvalue weighted by molar-refractivity contribution is 7.92. The smallest absolute Gasteiger partial charge is 0.254 e. The number of halogens is 3. The summed E-state index contributed by atoms with van der Waals surface area (Å²) in [5.74, 6) is -2.14. The molecule has 2 aromatic carbocycles. The molecule has 1 N–H and O–H groups in total. The van der Waals surface area contributed by atoms with E-state index in [-0.39, 0.29) is 36.3 Å². The molecule has 1 saturated carbocycles. The molecule has 3 unspecified atom stereocenters. The maximum atomic E-state index is 14.9. The maximum Gasteiger partial charge on any atom is 0.336 e.